The van der Waals surface area contributed by atoms with Crippen molar-refractivity contribution in [1.29, 1.82) is 5.26 Å². The van der Waals surface area contributed by atoms with Gasteiger partial charge < -0.3 is 15.8 Å². The summed E-state index contributed by atoms with van der Waals surface area (Å²) in [4.78, 5) is 19.1. The number of nitrogens with zero attached hydrogens (tertiary/aromatic N) is 3. The van der Waals surface area contributed by atoms with Gasteiger partial charge >= 0.3 is 0 Å². The summed E-state index contributed by atoms with van der Waals surface area (Å²) in [5.74, 6) is 0.0391. The number of hydrogen-bond donors (Lipinski definition) is 2. The molecular weight excluding hydrogens is 258 g/mol. The molecule has 2 rings (SSSR count). The highest BCUT2D eigenvalue weighted by Crippen LogP contribution is 2.21. The van der Waals surface area contributed by atoms with Gasteiger partial charge in [0.1, 0.15) is 11.8 Å². The van der Waals surface area contributed by atoms with Crippen LogP contribution < -0.4 is 15.8 Å². The summed E-state index contributed by atoms with van der Waals surface area (Å²) in [5.41, 5.74) is 5.91. The number of anilines is 2. The van der Waals surface area contributed by atoms with Crippen LogP contribution in [-0.4, -0.2) is 23.0 Å². The van der Waals surface area contributed by atoms with E-state index in [0.29, 0.717) is 11.4 Å². The fourth-order valence-corrected chi connectivity index (χ4v) is 1.55. The van der Waals surface area contributed by atoms with E-state index in [4.69, 9.17) is 15.7 Å². The van der Waals surface area contributed by atoms with Gasteiger partial charge in [-0.25, -0.2) is 9.97 Å². The number of carbonyl (C=O) groups excluding carboxylic acids is 1. The zero-order valence-electron chi connectivity index (χ0n) is 10.6. The van der Waals surface area contributed by atoms with Crippen LogP contribution in [0, 0.1) is 11.3 Å². The van der Waals surface area contributed by atoms with Gasteiger partial charge in [-0.15, -0.1) is 0 Å². The van der Waals surface area contributed by atoms with Gasteiger partial charge in [0.2, 0.25) is 0 Å². The first-order valence-corrected chi connectivity index (χ1v) is 5.62. The Labute approximate surface area is 115 Å². The third-order valence-electron chi connectivity index (χ3n) is 2.45. The molecule has 1 aromatic carbocycles. The first-order chi connectivity index (χ1) is 9.63. The monoisotopic (exact) mass is 269 g/mol. The van der Waals surface area contributed by atoms with Gasteiger partial charge in [0.15, 0.2) is 17.2 Å². The average Bonchev–Trinajstić information content (AvgIpc) is 2.47. The first-order valence-electron chi connectivity index (χ1n) is 5.62. The number of aromatic nitrogens is 2. The maximum Gasteiger partial charge on any atom is 0.271 e. The van der Waals surface area contributed by atoms with Gasteiger partial charge in [-0.2, -0.15) is 5.26 Å². The number of rotatable bonds is 4. The Morgan fingerprint density at radius 3 is 2.95 bits per heavy atom. The Kier molecular flexibility index (Phi) is 3.77. The van der Waals surface area contributed by atoms with Crippen LogP contribution in [0.3, 0.4) is 0 Å². The highest BCUT2D eigenvalue weighted by Gasteiger charge is 2.13. The maximum absolute atomic E-state index is 11.3. The molecule has 0 atom stereocenters. The van der Waals surface area contributed by atoms with Crippen molar-refractivity contribution in [1.82, 2.24) is 9.97 Å². The van der Waals surface area contributed by atoms with Crippen LogP contribution >= 0.6 is 0 Å². The summed E-state index contributed by atoms with van der Waals surface area (Å²) in [6, 6.07) is 8.87. The summed E-state index contributed by atoms with van der Waals surface area (Å²) in [5, 5.41) is 11.7. The molecule has 0 bridgehead atoms. The van der Waals surface area contributed by atoms with Crippen molar-refractivity contribution in [2.24, 2.45) is 5.73 Å². The molecule has 7 heteroatoms. The van der Waals surface area contributed by atoms with Crippen molar-refractivity contribution < 1.29 is 9.53 Å². The third-order valence-corrected chi connectivity index (χ3v) is 2.45. The number of methoxy groups -OCH3 is 1. The fraction of sp³-hybridized carbons (Fsp3) is 0.0769. The summed E-state index contributed by atoms with van der Waals surface area (Å²) >= 11 is 0. The van der Waals surface area contributed by atoms with E-state index < -0.39 is 5.91 Å². The van der Waals surface area contributed by atoms with Crippen molar-refractivity contribution >= 4 is 17.4 Å². The predicted molar refractivity (Wildman–Crippen MR) is 71.5 cm³/mol. The second-order valence-corrected chi connectivity index (χ2v) is 3.79. The number of carbonyl (C=O) groups is 1. The Bertz CT molecular complexity index is 693. The molecule has 0 unspecified atom stereocenters. The minimum absolute atomic E-state index is 0.0354. The Balaban J connectivity index is 2.40. The van der Waals surface area contributed by atoms with Crippen molar-refractivity contribution in [3.63, 3.8) is 0 Å². The number of primary amides is 1. The second kappa shape index (κ2) is 5.67. The van der Waals surface area contributed by atoms with E-state index in [0.717, 1.165) is 0 Å². The van der Waals surface area contributed by atoms with E-state index in [-0.39, 0.29) is 17.2 Å². The summed E-state index contributed by atoms with van der Waals surface area (Å²) in [6.45, 7) is 0. The van der Waals surface area contributed by atoms with Crippen LogP contribution in [0.4, 0.5) is 11.5 Å². The van der Waals surface area contributed by atoms with Crippen molar-refractivity contribution in [2.75, 3.05) is 12.4 Å². The second-order valence-electron chi connectivity index (χ2n) is 3.79. The normalized spacial score (nSPS) is 9.60. The molecule has 1 aromatic heterocycles. The van der Waals surface area contributed by atoms with E-state index in [1.807, 2.05) is 6.07 Å². The van der Waals surface area contributed by atoms with E-state index in [2.05, 4.69) is 15.3 Å². The van der Waals surface area contributed by atoms with Crippen LogP contribution in [0.1, 0.15) is 16.2 Å². The SMILES string of the molecule is COc1cccc(Nc2nc(C#N)cnc2C(N)=O)c1. The predicted octanol–water partition coefficient (Wildman–Crippen LogP) is 1.20. The zero-order valence-corrected chi connectivity index (χ0v) is 10.6. The maximum atomic E-state index is 11.3. The lowest BCUT2D eigenvalue weighted by Gasteiger charge is -2.09. The molecule has 0 aliphatic rings. The van der Waals surface area contributed by atoms with Crippen LogP contribution in [0.5, 0.6) is 5.75 Å². The van der Waals surface area contributed by atoms with Gasteiger partial charge in [0.25, 0.3) is 5.91 Å². The molecule has 0 radical (unpaired) electrons. The molecule has 2 aromatic rings. The van der Waals surface area contributed by atoms with Crippen LogP contribution in [-0.2, 0) is 0 Å². The van der Waals surface area contributed by atoms with E-state index in [9.17, 15) is 4.79 Å². The molecular formula is C13H11N5O2. The standard InChI is InChI=1S/C13H11N5O2/c1-20-10-4-2-3-8(5-10)17-13-11(12(15)19)16-7-9(6-14)18-13/h2-5,7H,1H3,(H2,15,19)(H,17,18). The van der Waals surface area contributed by atoms with E-state index >= 15 is 0 Å². The molecule has 100 valence electrons. The van der Waals surface area contributed by atoms with Crippen molar-refractivity contribution in [2.45, 2.75) is 0 Å². The highest BCUT2D eigenvalue weighted by molar-refractivity contribution is 5.96. The lowest BCUT2D eigenvalue weighted by molar-refractivity contribution is 0.0996. The van der Waals surface area contributed by atoms with Crippen molar-refractivity contribution in [3.05, 3.63) is 41.9 Å². The summed E-state index contributed by atoms with van der Waals surface area (Å²) in [6.07, 6.45) is 1.19. The molecule has 0 aliphatic carbocycles. The molecule has 7 nitrogen and oxygen atoms in total. The number of nitriles is 1. The van der Waals surface area contributed by atoms with E-state index in [1.54, 1.807) is 31.4 Å². The first kappa shape index (κ1) is 13.3. The molecule has 0 spiro atoms. The summed E-state index contributed by atoms with van der Waals surface area (Å²) in [7, 11) is 1.55. The fourth-order valence-electron chi connectivity index (χ4n) is 1.55. The van der Waals surface area contributed by atoms with E-state index in [1.165, 1.54) is 6.20 Å². The Hall–Kier alpha value is -3.14. The smallest absolute Gasteiger partial charge is 0.271 e. The highest BCUT2D eigenvalue weighted by atomic mass is 16.5. The lowest BCUT2D eigenvalue weighted by Crippen LogP contribution is -2.16. The minimum atomic E-state index is -0.729. The molecule has 0 saturated heterocycles. The largest absolute Gasteiger partial charge is 0.497 e. The molecule has 0 saturated carbocycles. The average molecular weight is 269 g/mol. The molecule has 1 amide bonds. The van der Waals surface area contributed by atoms with Gasteiger partial charge in [0, 0.05) is 11.8 Å². The lowest BCUT2D eigenvalue weighted by atomic mass is 10.3. The van der Waals surface area contributed by atoms with Gasteiger partial charge in [-0.3, -0.25) is 4.79 Å². The number of nitrogens with two attached hydrogens (primary N) is 1. The third kappa shape index (κ3) is 2.81. The zero-order chi connectivity index (χ0) is 14.5. The van der Waals surface area contributed by atoms with Crippen LogP contribution in [0.2, 0.25) is 0 Å². The number of amides is 1. The Morgan fingerprint density at radius 2 is 2.30 bits per heavy atom. The van der Waals surface area contributed by atoms with Crippen LogP contribution in [0.15, 0.2) is 30.5 Å². The molecule has 20 heavy (non-hydrogen) atoms. The van der Waals surface area contributed by atoms with Gasteiger partial charge in [0.05, 0.1) is 13.3 Å². The quantitative estimate of drug-likeness (QED) is 0.861. The number of nitrogens with one attached hydrogen (secondary N) is 1. The minimum Gasteiger partial charge on any atom is -0.497 e. The van der Waals surface area contributed by atoms with Crippen molar-refractivity contribution in [3.8, 4) is 11.8 Å². The molecule has 1 heterocycles. The molecule has 0 fully saturated rings. The number of ether oxygens (including phenoxy) is 1. The molecule has 3 N–H and O–H groups in total. The van der Waals surface area contributed by atoms with Gasteiger partial charge in [-0.05, 0) is 12.1 Å². The number of hydrogen-bond acceptors (Lipinski definition) is 6. The van der Waals surface area contributed by atoms with Crippen LogP contribution in [0.25, 0.3) is 0 Å². The summed E-state index contributed by atoms with van der Waals surface area (Å²) < 4.78 is 5.10. The number of benzene rings is 1. The topological polar surface area (TPSA) is 114 Å². The molecule has 0 aliphatic heterocycles. The Morgan fingerprint density at radius 1 is 1.50 bits per heavy atom. The van der Waals surface area contributed by atoms with Gasteiger partial charge in [-0.1, -0.05) is 6.07 Å².